The van der Waals surface area contributed by atoms with Gasteiger partial charge in [0.05, 0.1) is 10.1 Å². The second kappa shape index (κ2) is 6.84. The van der Waals surface area contributed by atoms with E-state index in [1.807, 2.05) is 4.90 Å². The molecule has 1 saturated carbocycles. The van der Waals surface area contributed by atoms with Crippen LogP contribution in [0.2, 0.25) is 0 Å². The highest BCUT2D eigenvalue weighted by atomic mass is 32.2. The Bertz CT molecular complexity index is 683. The first-order chi connectivity index (χ1) is 11.4. The van der Waals surface area contributed by atoms with Crippen LogP contribution in [-0.4, -0.2) is 49.6 Å². The van der Waals surface area contributed by atoms with Gasteiger partial charge in [-0.3, -0.25) is 4.79 Å². The van der Waals surface area contributed by atoms with Gasteiger partial charge in [0.25, 0.3) is 5.91 Å². The number of carbonyl (C=O) groups is 1. The molecule has 1 aliphatic heterocycles. The van der Waals surface area contributed by atoms with Crippen molar-refractivity contribution in [3.8, 4) is 0 Å². The molecule has 1 saturated heterocycles. The highest BCUT2D eigenvalue weighted by Gasteiger charge is 2.31. The Morgan fingerprint density at radius 2 is 1.58 bits per heavy atom. The van der Waals surface area contributed by atoms with Crippen LogP contribution in [-0.2, 0) is 9.84 Å². The molecular weight excluding hydrogens is 324 g/mol. The molecule has 24 heavy (non-hydrogen) atoms. The minimum atomic E-state index is -3.26. The monoisotopic (exact) mass is 350 g/mol. The number of benzene rings is 1. The fraction of sp³-hybridized carbons (Fsp3) is 0.611. The van der Waals surface area contributed by atoms with Crippen LogP contribution in [0.25, 0.3) is 0 Å². The van der Waals surface area contributed by atoms with Gasteiger partial charge in [-0.1, -0.05) is 12.8 Å². The number of nitrogens with one attached hydrogen (secondary N) is 1. The third-order valence-electron chi connectivity index (χ3n) is 5.02. The average Bonchev–Trinajstić information content (AvgIpc) is 3.08. The highest BCUT2D eigenvalue weighted by molar-refractivity contribution is 7.92. The molecule has 0 aromatic heterocycles. The number of hydrogen-bond donors (Lipinski definition) is 1. The van der Waals surface area contributed by atoms with Gasteiger partial charge in [0, 0.05) is 30.7 Å². The van der Waals surface area contributed by atoms with Gasteiger partial charge < -0.3 is 10.2 Å². The van der Waals surface area contributed by atoms with Crippen LogP contribution in [0.3, 0.4) is 0 Å². The second-order valence-corrected chi connectivity index (χ2v) is 9.38. The first-order valence-electron chi connectivity index (χ1n) is 8.77. The molecule has 6 heteroatoms. The lowest BCUT2D eigenvalue weighted by molar-refractivity contribution is 0.0673. The number of carbonyl (C=O) groups excluding carboxylic acids is 1. The van der Waals surface area contributed by atoms with E-state index in [0.29, 0.717) is 23.5 Å². The normalized spacial score (nSPS) is 25.8. The molecular formula is C18H26N2O3S. The molecule has 5 nitrogen and oxygen atoms in total. The molecule has 132 valence electrons. The van der Waals surface area contributed by atoms with E-state index in [0.717, 1.165) is 25.7 Å². The van der Waals surface area contributed by atoms with Crippen molar-refractivity contribution < 1.29 is 13.2 Å². The van der Waals surface area contributed by atoms with Crippen molar-refractivity contribution in [1.29, 1.82) is 0 Å². The topological polar surface area (TPSA) is 66.5 Å². The molecule has 0 spiro atoms. The summed E-state index contributed by atoms with van der Waals surface area (Å²) in [5.74, 6) is -0.0278. The number of sulfone groups is 1. The summed E-state index contributed by atoms with van der Waals surface area (Å²) < 4.78 is 25.2. The number of amides is 1. The van der Waals surface area contributed by atoms with Crippen molar-refractivity contribution in [2.24, 2.45) is 0 Å². The van der Waals surface area contributed by atoms with Crippen LogP contribution in [0, 0.1) is 0 Å². The predicted molar refractivity (Wildman–Crippen MR) is 93.8 cm³/mol. The van der Waals surface area contributed by atoms with Gasteiger partial charge >= 0.3 is 0 Å². The van der Waals surface area contributed by atoms with E-state index in [2.05, 4.69) is 19.2 Å². The summed E-state index contributed by atoms with van der Waals surface area (Å²) in [4.78, 5) is 14.8. The highest BCUT2D eigenvalue weighted by Crippen LogP contribution is 2.29. The lowest BCUT2D eigenvalue weighted by Crippen LogP contribution is -2.55. The quantitative estimate of drug-likeness (QED) is 0.908. The smallest absolute Gasteiger partial charge is 0.253 e. The maximum absolute atomic E-state index is 12.7. The molecule has 2 fully saturated rings. The van der Waals surface area contributed by atoms with Gasteiger partial charge in [0.1, 0.15) is 0 Å². The Morgan fingerprint density at radius 1 is 1.04 bits per heavy atom. The van der Waals surface area contributed by atoms with Crippen LogP contribution in [0.1, 0.15) is 49.9 Å². The van der Waals surface area contributed by atoms with Crippen molar-refractivity contribution >= 4 is 15.7 Å². The molecule has 1 aromatic rings. The van der Waals surface area contributed by atoms with E-state index in [9.17, 15) is 13.2 Å². The molecule has 1 aliphatic carbocycles. The summed E-state index contributed by atoms with van der Waals surface area (Å²) in [6.07, 6.45) is 3.47. The zero-order valence-electron chi connectivity index (χ0n) is 14.4. The van der Waals surface area contributed by atoms with Gasteiger partial charge in [0.15, 0.2) is 9.84 Å². The van der Waals surface area contributed by atoms with Crippen molar-refractivity contribution in [1.82, 2.24) is 10.2 Å². The van der Waals surface area contributed by atoms with Crippen molar-refractivity contribution in [3.05, 3.63) is 29.8 Å². The molecule has 0 bridgehead atoms. The Kier molecular flexibility index (Phi) is 4.97. The summed E-state index contributed by atoms with van der Waals surface area (Å²) in [5, 5.41) is 3.15. The van der Waals surface area contributed by atoms with Gasteiger partial charge in [-0.25, -0.2) is 8.42 Å². The summed E-state index contributed by atoms with van der Waals surface area (Å²) in [6.45, 7) is 5.47. The van der Waals surface area contributed by atoms with Crippen LogP contribution >= 0.6 is 0 Å². The van der Waals surface area contributed by atoms with E-state index in [-0.39, 0.29) is 23.2 Å². The summed E-state index contributed by atoms with van der Waals surface area (Å²) in [7, 11) is -3.26. The zero-order valence-corrected chi connectivity index (χ0v) is 15.2. The number of hydrogen-bond acceptors (Lipinski definition) is 4. The number of nitrogens with zero attached hydrogens (tertiary/aromatic N) is 1. The zero-order chi connectivity index (χ0) is 17.3. The fourth-order valence-corrected chi connectivity index (χ4v) is 5.71. The minimum Gasteiger partial charge on any atom is -0.336 e. The van der Waals surface area contributed by atoms with Crippen LogP contribution in [0.15, 0.2) is 29.2 Å². The van der Waals surface area contributed by atoms with E-state index < -0.39 is 9.84 Å². The lowest BCUT2D eigenvalue weighted by atomic mass is 10.1. The largest absolute Gasteiger partial charge is 0.336 e. The fourth-order valence-electron chi connectivity index (χ4n) is 3.85. The van der Waals surface area contributed by atoms with Gasteiger partial charge in [-0.15, -0.1) is 0 Å². The van der Waals surface area contributed by atoms with Crippen LogP contribution in [0.5, 0.6) is 0 Å². The Labute approximate surface area is 144 Å². The summed E-state index contributed by atoms with van der Waals surface area (Å²) in [5.41, 5.74) is 0.557. The second-order valence-electron chi connectivity index (χ2n) is 7.15. The maximum atomic E-state index is 12.7. The van der Waals surface area contributed by atoms with E-state index >= 15 is 0 Å². The van der Waals surface area contributed by atoms with Gasteiger partial charge in [-0.2, -0.15) is 0 Å². The van der Waals surface area contributed by atoms with E-state index in [4.69, 9.17) is 0 Å². The SMILES string of the molecule is C[C@H]1CN(C(=O)c2ccc(S(=O)(=O)C3CCCC3)cc2)C[C@H](C)N1. The first-order valence-corrected chi connectivity index (χ1v) is 10.3. The van der Waals surface area contributed by atoms with Crippen molar-refractivity contribution in [2.45, 2.75) is 61.8 Å². The molecule has 1 amide bonds. The van der Waals surface area contributed by atoms with Gasteiger partial charge in [0.2, 0.25) is 0 Å². The first kappa shape index (κ1) is 17.4. The summed E-state index contributed by atoms with van der Waals surface area (Å²) >= 11 is 0. The molecule has 0 unspecified atom stereocenters. The van der Waals surface area contributed by atoms with Gasteiger partial charge in [-0.05, 0) is 51.0 Å². The van der Waals surface area contributed by atoms with E-state index in [1.54, 1.807) is 24.3 Å². The predicted octanol–water partition coefficient (Wildman–Crippen LogP) is 2.23. The third kappa shape index (κ3) is 3.49. The average molecular weight is 350 g/mol. The molecule has 3 rings (SSSR count). The Hall–Kier alpha value is -1.40. The molecule has 1 heterocycles. The standard InChI is InChI=1S/C18H26N2O3S/c1-13-11-20(12-14(2)19-13)18(21)15-7-9-17(10-8-15)24(22,23)16-5-3-4-6-16/h7-10,13-14,16,19H,3-6,11-12H2,1-2H3/t13-,14-/m0/s1. The maximum Gasteiger partial charge on any atom is 0.253 e. The molecule has 2 aliphatic rings. The van der Waals surface area contributed by atoms with Crippen LogP contribution < -0.4 is 5.32 Å². The van der Waals surface area contributed by atoms with Crippen molar-refractivity contribution in [2.75, 3.05) is 13.1 Å². The minimum absolute atomic E-state index is 0.0278. The number of rotatable bonds is 3. The van der Waals surface area contributed by atoms with E-state index in [1.165, 1.54) is 0 Å². The molecule has 1 aromatic carbocycles. The Morgan fingerprint density at radius 3 is 2.12 bits per heavy atom. The lowest BCUT2D eigenvalue weighted by Gasteiger charge is -2.36. The van der Waals surface area contributed by atoms with Crippen molar-refractivity contribution in [3.63, 3.8) is 0 Å². The number of piperazine rings is 1. The molecule has 1 N–H and O–H groups in total. The van der Waals surface area contributed by atoms with Crippen LogP contribution in [0.4, 0.5) is 0 Å². The summed E-state index contributed by atoms with van der Waals surface area (Å²) in [6, 6.07) is 7.02. The third-order valence-corrected chi connectivity index (χ3v) is 7.29. The molecule has 0 radical (unpaired) electrons. The Balaban J connectivity index is 1.75. The molecule has 2 atom stereocenters.